The predicted molar refractivity (Wildman–Crippen MR) is 87.0 cm³/mol. The van der Waals surface area contributed by atoms with E-state index in [2.05, 4.69) is 5.32 Å². The summed E-state index contributed by atoms with van der Waals surface area (Å²) in [6, 6.07) is 7.35. The molecule has 1 unspecified atom stereocenters. The van der Waals surface area contributed by atoms with Gasteiger partial charge in [0.2, 0.25) is 5.91 Å². The van der Waals surface area contributed by atoms with Gasteiger partial charge in [0.25, 0.3) is 0 Å². The van der Waals surface area contributed by atoms with Crippen LogP contribution in [0.5, 0.6) is 0 Å². The quantitative estimate of drug-likeness (QED) is 0.824. The molecule has 0 saturated heterocycles. The molecule has 3 rings (SSSR count). The normalized spacial score (nSPS) is 14.7. The number of hydrogen-bond acceptors (Lipinski definition) is 2. The monoisotopic (exact) mass is 363 g/mol. The summed E-state index contributed by atoms with van der Waals surface area (Å²) >= 11 is 0. The van der Waals surface area contributed by atoms with Gasteiger partial charge in [0.15, 0.2) is 11.6 Å². The largest absolute Gasteiger partial charge is 0.478 e. The van der Waals surface area contributed by atoms with Gasteiger partial charge in [-0.1, -0.05) is 18.2 Å². The molecule has 1 atom stereocenters. The molecule has 4 nitrogen and oxygen atoms in total. The van der Waals surface area contributed by atoms with Crippen molar-refractivity contribution in [2.24, 2.45) is 5.92 Å². The van der Waals surface area contributed by atoms with E-state index in [4.69, 9.17) is 5.11 Å². The highest BCUT2D eigenvalue weighted by atomic mass is 19.2. The molecular formula is C19H16F3NO3. The topological polar surface area (TPSA) is 66.4 Å². The van der Waals surface area contributed by atoms with Crippen LogP contribution < -0.4 is 5.32 Å². The van der Waals surface area contributed by atoms with Crippen LogP contribution in [0, 0.1) is 23.4 Å². The first-order chi connectivity index (χ1) is 12.4. The summed E-state index contributed by atoms with van der Waals surface area (Å²) in [6.45, 7) is 0. The molecule has 0 radical (unpaired) electrons. The summed E-state index contributed by atoms with van der Waals surface area (Å²) in [5, 5.41) is 11.8. The number of halogens is 3. The summed E-state index contributed by atoms with van der Waals surface area (Å²) in [6.07, 6.45) is 1.34. The summed E-state index contributed by atoms with van der Waals surface area (Å²) in [7, 11) is 0. The third kappa shape index (κ3) is 3.87. The predicted octanol–water partition coefficient (Wildman–Crippen LogP) is 3.61. The highest BCUT2D eigenvalue weighted by Crippen LogP contribution is 2.41. The van der Waals surface area contributed by atoms with Crippen LogP contribution in [0.25, 0.3) is 0 Å². The molecule has 2 aromatic carbocycles. The SMILES string of the molecule is O=C(Cc1ccc(F)c(F)c1C(=O)O)NC(c1cccc(F)c1)C1CC1. The molecule has 2 aromatic rings. The zero-order chi connectivity index (χ0) is 18.8. The molecule has 0 aliphatic heterocycles. The van der Waals surface area contributed by atoms with Crippen LogP contribution in [-0.4, -0.2) is 17.0 Å². The van der Waals surface area contributed by atoms with E-state index in [0.717, 1.165) is 25.0 Å². The van der Waals surface area contributed by atoms with Crippen LogP contribution in [-0.2, 0) is 11.2 Å². The maximum absolute atomic E-state index is 13.7. The number of nitrogens with one attached hydrogen (secondary N) is 1. The molecule has 0 aromatic heterocycles. The Bertz CT molecular complexity index is 865. The van der Waals surface area contributed by atoms with Gasteiger partial charge in [0.1, 0.15) is 11.4 Å². The van der Waals surface area contributed by atoms with Gasteiger partial charge in [-0.05, 0) is 48.1 Å². The number of benzene rings is 2. The molecular weight excluding hydrogens is 347 g/mol. The standard InChI is InChI=1S/C19H16F3NO3/c20-13-3-1-2-12(8-13)18(10-4-5-10)23-15(24)9-11-6-7-14(21)17(22)16(11)19(25)26/h1-3,6-8,10,18H,4-5,9H2,(H,23,24)(H,25,26). The lowest BCUT2D eigenvalue weighted by Gasteiger charge is -2.19. The Morgan fingerprint density at radius 2 is 1.88 bits per heavy atom. The van der Waals surface area contributed by atoms with Crippen LogP contribution in [0.15, 0.2) is 36.4 Å². The Morgan fingerprint density at radius 1 is 1.15 bits per heavy atom. The van der Waals surface area contributed by atoms with Crippen molar-refractivity contribution in [2.75, 3.05) is 0 Å². The minimum Gasteiger partial charge on any atom is -0.478 e. The van der Waals surface area contributed by atoms with E-state index >= 15 is 0 Å². The molecule has 1 amide bonds. The minimum atomic E-state index is -1.64. The average molecular weight is 363 g/mol. The zero-order valence-electron chi connectivity index (χ0n) is 13.6. The van der Waals surface area contributed by atoms with Crippen molar-refractivity contribution in [3.05, 3.63) is 70.5 Å². The van der Waals surface area contributed by atoms with Gasteiger partial charge in [-0.25, -0.2) is 18.0 Å². The lowest BCUT2D eigenvalue weighted by atomic mass is 10.00. The number of carboxylic acid groups (broad SMARTS) is 1. The van der Waals surface area contributed by atoms with Crippen LogP contribution in [0.3, 0.4) is 0 Å². The van der Waals surface area contributed by atoms with Gasteiger partial charge >= 0.3 is 5.97 Å². The second-order valence-electron chi connectivity index (χ2n) is 6.32. The zero-order valence-corrected chi connectivity index (χ0v) is 13.6. The molecule has 2 N–H and O–H groups in total. The van der Waals surface area contributed by atoms with E-state index in [1.165, 1.54) is 12.1 Å². The van der Waals surface area contributed by atoms with E-state index in [1.807, 2.05) is 0 Å². The molecule has 0 spiro atoms. The molecule has 0 bridgehead atoms. The Morgan fingerprint density at radius 3 is 2.50 bits per heavy atom. The molecule has 1 aliphatic rings. The number of carboxylic acids is 1. The van der Waals surface area contributed by atoms with Crippen molar-refractivity contribution >= 4 is 11.9 Å². The third-order valence-electron chi connectivity index (χ3n) is 4.36. The smallest absolute Gasteiger partial charge is 0.339 e. The van der Waals surface area contributed by atoms with Crippen molar-refractivity contribution < 1.29 is 27.9 Å². The molecule has 1 saturated carbocycles. The molecule has 136 valence electrons. The van der Waals surface area contributed by atoms with Crippen LogP contribution in [0.1, 0.15) is 40.4 Å². The first kappa shape index (κ1) is 18.0. The Hall–Kier alpha value is -2.83. The fourth-order valence-corrected chi connectivity index (χ4v) is 2.97. The summed E-state index contributed by atoms with van der Waals surface area (Å²) in [5.74, 6) is -5.22. The number of carbonyl (C=O) groups excluding carboxylic acids is 1. The molecule has 1 aliphatic carbocycles. The van der Waals surface area contributed by atoms with Crippen LogP contribution >= 0.6 is 0 Å². The summed E-state index contributed by atoms with van der Waals surface area (Å²) < 4.78 is 40.5. The van der Waals surface area contributed by atoms with Crippen molar-refractivity contribution in [2.45, 2.75) is 25.3 Å². The fourth-order valence-electron chi connectivity index (χ4n) is 2.97. The van der Waals surface area contributed by atoms with Crippen molar-refractivity contribution in [1.29, 1.82) is 0 Å². The van der Waals surface area contributed by atoms with E-state index < -0.39 is 47.4 Å². The van der Waals surface area contributed by atoms with Crippen molar-refractivity contribution in [3.63, 3.8) is 0 Å². The first-order valence-electron chi connectivity index (χ1n) is 8.12. The van der Waals surface area contributed by atoms with Gasteiger partial charge < -0.3 is 10.4 Å². The van der Waals surface area contributed by atoms with Gasteiger partial charge in [-0.15, -0.1) is 0 Å². The van der Waals surface area contributed by atoms with Crippen molar-refractivity contribution in [3.8, 4) is 0 Å². The highest BCUT2D eigenvalue weighted by molar-refractivity contribution is 5.92. The van der Waals surface area contributed by atoms with E-state index in [0.29, 0.717) is 5.56 Å². The first-order valence-corrected chi connectivity index (χ1v) is 8.12. The summed E-state index contributed by atoms with van der Waals surface area (Å²) in [5.41, 5.74) is -0.360. The second kappa shape index (κ2) is 7.19. The number of amides is 1. The average Bonchev–Trinajstić information content (AvgIpc) is 3.40. The molecule has 26 heavy (non-hydrogen) atoms. The van der Waals surface area contributed by atoms with E-state index in [1.54, 1.807) is 12.1 Å². The lowest BCUT2D eigenvalue weighted by Crippen LogP contribution is -2.31. The maximum Gasteiger partial charge on any atom is 0.339 e. The van der Waals surface area contributed by atoms with Crippen molar-refractivity contribution in [1.82, 2.24) is 5.32 Å². The van der Waals surface area contributed by atoms with Gasteiger partial charge in [-0.2, -0.15) is 0 Å². The molecule has 0 heterocycles. The van der Waals surface area contributed by atoms with Crippen LogP contribution in [0.4, 0.5) is 13.2 Å². The highest BCUT2D eigenvalue weighted by Gasteiger charge is 2.34. The minimum absolute atomic E-state index is 0.123. The Balaban J connectivity index is 1.80. The Labute approximate surface area is 147 Å². The van der Waals surface area contributed by atoms with Gasteiger partial charge in [0.05, 0.1) is 12.5 Å². The lowest BCUT2D eigenvalue weighted by molar-refractivity contribution is -0.121. The number of hydrogen-bond donors (Lipinski definition) is 2. The number of carbonyl (C=O) groups is 2. The molecule has 1 fully saturated rings. The summed E-state index contributed by atoms with van der Waals surface area (Å²) in [4.78, 5) is 23.6. The Kier molecular flexibility index (Phi) is 4.97. The molecule has 7 heteroatoms. The number of aromatic carboxylic acids is 1. The number of rotatable bonds is 6. The van der Waals surface area contributed by atoms with Crippen LogP contribution in [0.2, 0.25) is 0 Å². The van der Waals surface area contributed by atoms with E-state index in [9.17, 15) is 22.8 Å². The second-order valence-corrected chi connectivity index (χ2v) is 6.32. The third-order valence-corrected chi connectivity index (χ3v) is 4.36. The fraction of sp³-hybridized carbons (Fsp3) is 0.263. The van der Waals surface area contributed by atoms with Gasteiger partial charge in [-0.3, -0.25) is 4.79 Å². The maximum atomic E-state index is 13.7. The van der Waals surface area contributed by atoms with Gasteiger partial charge in [0, 0.05) is 0 Å². The van der Waals surface area contributed by atoms with E-state index in [-0.39, 0.29) is 11.5 Å².